The highest BCUT2D eigenvalue weighted by Gasteiger charge is 2.27. The van der Waals surface area contributed by atoms with Crippen molar-refractivity contribution >= 4 is 11.9 Å². The number of amides is 1. The fourth-order valence-corrected chi connectivity index (χ4v) is 0.961. The van der Waals surface area contributed by atoms with Crippen LogP contribution in [0.15, 0.2) is 0 Å². The van der Waals surface area contributed by atoms with Crippen molar-refractivity contribution in [2.45, 2.75) is 18.6 Å². The number of alkyl halides is 3. The summed E-state index contributed by atoms with van der Waals surface area (Å²) in [5, 5.41) is 10.7. The normalized spacial score (nSPS) is 13.1. The molecule has 0 spiro atoms. The van der Waals surface area contributed by atoms with Gasteiger partial charge in [0.15, 0.2) is 6.04 Å². The van der Waals surface area contributed by atoms with E-state index in [1.165, 1.54) is 7.11 Å². The molecule has 6 nitrogen and oxygen atoms in total. The Morgan fingerprint density at radius 2 is 2.00 bits per heavy atom. The number of carboxylic acid groups (broad SMARTS) is 1. The molecule has 0 aliphatic rings. The van der Waals surface area contributed by atoms with Crippen molar-refractivity contribution in [3.8, 4) is 0 Å². The number of rotatable bonds is 8. The van der Waals surface area contributed by atoms with E-state index in [-0.39, 0.29) is 13.0 Å². The molecule has 1 unspecified atom stereocenters. The van der Waals surface area contributed by atoms with Gasteiger partial charge in [-0.1, -0.05) is 0 Å². The molecule has 0 fully saturated rings. The Kier molecular flexibility index (Phi) is 7.29. The molecule has 0 radical (unpaired) electrons. The number of carbonyl (C=O) groups is 2. The van der Waals surface area contributed by atoms with E-state index in [1.54, 1.807) is 0 Å². The van der Waals surface area contributed by atoms with E-state index < -0.39 is 37.3 Å². The number of carboxylic acids is 1. The van der Waals surface area contributed by atoms with Gasteiger partial charge in [-0.3, -0.25) is 4.79 Å². The van der Waals surface area contributed by atoms with Gasteiger partial charge in [0.1, 0.15) is 6.61 Å². The zero-order chi connectivity index (χ0) is 14.2. The maximum absolute atomic E-state index is 11.7. The van der Waals surface area contributed by atoms with Gasteiger partial charge in [-0.15, -0.1) is 0 Å². The van der Waals surface area contributed by atoms with E-state index in [0.29, 0.717) is 0 Å². The summed E-state index contributed by atoms with van der Waals surface area (Å²) < 4.78 is 43.8. The van der Waals surface area contributed by atoms with Gasteiger partial charge in [0.25, 0.3) is 0 Å². The van der Waals surface area contributed by atoms with E-state index in [9.17, 15) is 22.8 Å². The number of ether oxygens (including phenoxy) is 2. The molecular weight excluding hydrogens is 259 g/mol. The minimum Gasteiger partial charge on any atom is -0.480 e. The molecule has 0 saturated heterocycles. The van der Waals surface area contributed by atoms with Crippen LogP contribution in [0.4, 0.5) is 13.2 Å². The lowest BCUT2D eigenvalue weighted by molar-refractivity contribution is -0.174. The average molecular weight is 273 g/mol. The Balaban J connectivity index is 3.85. The Bertz CT molecular complexity index is 282. The van der Waals surface area contributed by atoms with Crippen LogP contribution in [0.5, 0.6) is 0 Å². The molecule has 1 amide bonds. The first-order chi connectivity index (χ1) is 8.26. The van der Waals surface area contributed by atoms with E-state index in [2.05, 4.69) is 14.8 Å². The number of carbonyl (C=O) groups excluding carboxylic acids is 1. The molecule has 0 aliphatic carbocycles. The monoisotopic (exact) mass is 273 g/mol. The summed E-state index contributed by atoms with van der Waals surface area (Å²) in [4.78, 5) is 21.8. The molecule has 0 aromatic heterocycles. The first kappa shape index (κ1) is 16.6. The van der Waals surface area contributed by atoms with Crippen molar-refractivity contribution in [1.82, 2.24) is 5.32 Å². The van der Waals surface area contributed by atoms with Crippen LogP contribution < -0.4 is 5.32 Å². The summed E-state index contributed by atoms with van der Waals surface area (Å²) in [6.45, 7) is -2.12. The number of halogens is 3. The van der Waals surface area contributed by atoms with Crippen molar-refractivity contribution in [3.63, 3.8) is 0 Å². The number of hydrogen-bond donors (Lipinski definition) is 2. The highest BCUT2D eigenvalue weighted by atomic mass is 19.4. The Hall–Kier alpha value is -1.35. The largest absolute Gasteiger partial charge is 0.480 e. The number of aliphatic carboxylic acids is 1. The van der Waals surface area contributed by atoms with Crippen LogP contribution in [-0.4, -0.2) is 56.1 Å². The standard InChI is InChI=1S/C9H14F3NO5/c1-17-4-6(8(15)16)13-7(14)2-3-18-5-9(10,11)12/h6H,2-5H2,1H3,(H,13,14)(H,15,16). The van der Waals surface area contributed by atoms with Gasteiger partial charge >= 0.3 is 12.1 Å². The van der Waals surface area contributed by atoms with Crippen molar-refractivity contribution in [2.24, 2.45) is 0 Å². The van der Waals surface area contributed by atoms with Crippen LogP contribution in [0, 0.1) is 0 Å². The molecule has 0 aromatic carbocycles. The van der Waals surface area contributed by atoms with E-state index in [4.69, 9.17) is 5.11 Å². The predicted octanol–water partition coefficient (Wildman–Crippen LogP) is 0.171. The molecule has 0 saturated carbocycles. The second kappa shape index (κ2) is 7.88. The topological polar surface area (TPSA) is 84.9 Å². The fourth-order valence-electron chi connectivity index (χ4n) is 0.961. The van der Waals surface area contributed by atoms with E-state index in [1.807, 2.05) is 0 Å². The maximum Gasteiger partial charge on any atom is 0.411 e. The van der Waals surface area contributed by atoms with Gasteiger partial charge in [-0.2, -0.15) is 13.2 Å². The molecule has 0 rings (SSSR count). The van der Waals surface area contributed by atoms with Crippen molar-refractivity contribution < 1.29 is 37.3 Å². The smallest absolute Gasteiger partial charge is 0.411 e. The molecule has 0 bridgehead atoms. The van der Waals surface area contributed by atoms with Crippen molar-refractivity contribution in [2.75, 3.05) is 26.9 Å². The minimum absolute atomic E-state index is 0.232. The molecule has 18 heavy (non-hydrogen) atoms. The van der Waals surface area contributed by atoms with Crippen LogP contribution in [0.3, 0.4) is 0 Å². The number of methoxy groups -OCH3 is 1. The molecule has 1 atom stereocenters. The first-order valence-electron chi connectivity index (χ1n) is 4.92. The fraction of sp³-hybridized carbons (Fsp3) is 0.778. The Morgan fingerprint density at radius 3 is 2.44 bits per heavy atom. The molecule has 9 heteroatoms. The van der Waals surface area contributed by atoms with Gasteiger partial charge in [0, 0.05) is 13.5 Å². The lowest BCUT2D eigenvalue weighted by Crippen LogP contribution is -2.44. The van der Waals surface area contributed by atoms with Crippen molar-refractivity contribution in [3.05, 3.63) is 0 Å². The maximum atomic E-state index is 11.7. The average Bonchev–Trinajstić information content (AvgIpc) is 2.22. The highest BCUT2D eigenvalue weighted by molar-refractivity contribution is 5.83. The van der Waals surface area contributed by atoms with Crippen LogP contribution >= 0.6 is 0 Å². The molecule has 0 aromatic rings. The van der Waals surface area contributed by atoms with Gasteiger partial charge in [0.2, 0.25) is 5.91 Å². The zero-order valence-corrected chi connectivity index (χ0v) is 9.62. The Labute approximate surface area is 101 Å². The molecule has 0 heterocycles. The van der Waals surface area contributed by atoms with Crippen LogP contribution in [0.2, 0.25) is 0 Å². The molecule has 2 N–H and O–H groups in total. The third-order valence-corrected chi connectivity index (χ3v) is 1.71. The van der Waals surface area contributed by atoms with Gasteiger partial charge < -0.3 is 19.9 Å². The number of hydrogen-bond acceptors (Lipinski definition) is 4. The van der Waals surface area contributed by atoms with Gasteiger partial charge in [0.05, 0.1) is 13.2 Å². The summed E-state index contributed by atoms with van der Waals surface area (Å²) in [6, 6.07) is -1.23. The van der Waals surface area contributed by atoms with E-state index in [0.717, 1.165) is 0 Å². The van der Waals surface area contributed by atoms with Crippen LogP contribution in [-0.2, 0) is 19.1 Å². The Morgan fingerprint density at radius 1 is 1.39 bits per heavy atom. The summed E-state index contributed by atoms with van der Waals surface area (Å²) in [6.07, 6.45) is -4.81. The predicted molar refractivity (Wildman–Crippen MR) is 52.9 cm³/mol. The number of nitrogens with one attached hydrogen (secondary N) is 1. The summed E-state index contributed by atoms with van der Waals surface area (Å²) in [5.41, 5.74) is 0. The lowest BCUT2D eigenvalue weighted by Gasteiger charge is -2.13. The first-order valence-corrected chi connectivity index (χ1v) is 4.92. The van der Waals surface area contributed by atoms with Crippen LogP contribution in [0.1, 0.15) is 6.42 Å². The van der Waals surface area contributed by atoms with Crippen molar-refractivity contribution in [1.29, 1.82) is 0 Å². The lowest BCUT2D eigenvalue weighted by atomic mass is 10.3. The third kappa shape index (κ3) is 8.76. The van der Waals surface area contributed by atoms with Crippen LogP contribution in [0.25, 0.3) is 0 Å². The molecule has 106 valence electrons. The quantitative estimate of drug-likeness (QED) is 0.616. The summed E-state index contributed by atoms with van der Waals surface area (Å²) >= 11 is 0. The minimum atomic E-state index is -4.45. The molecular formula is C9H14F3NO5. The third-order valence-electron chi connectivity index (χ3n) is 1.71. The second-order valence-corrected chi connectivity index (χ2v) is 3.33. The van der Waals surface area contributed by atoms with E-state index >= 15 is 0 Å². The molecule has 0 aliphatic heterocycles. The SMILES string of the molecule is COCC(NC(=O)CCOCC(F)(F)F)C(=O)O. The van der Waals surface area contributed by atoms with Gasteiger partial charge in [-0.25, -0.2) is 4.79 Å². The summed E-state index contributed by atoms with van der Waals surface area (Å²) in [5.74, 6) is -2.01. The second-order valence-electron chi connectivity index (χ2n) is 3.33. The summed E-state index contributed by atoms with van der Waals surface area (Å²) in [7, 11) is 1.26. The van der Waals surface area contributed by atoms with Gasteiger partial charge in [-0.05, 0) is 0 Å². The highest BCUT2D eigenvalue weighted by Crippen LogP contribution is 2.14. The zero-order valence-electron chi connectivity index (χ0n) is 9.62.